The monoisotopic (exact) mass is 548 g/mol. The van der Waals surface area contributed by atoms with Crippen LogP contribution in [0.2, 0.25) is 0 Å². The highest BCUT2D eigenvalue weighted by Crippen LogP contribution is 2.32. The summed E-state index contributed by atoms with van der Waals surface area (Å²) < 4.78 is 5.88. The van der Waals surface area contributed by atoms with Crippen LogP contribution in [0.5, 0.6) is 5.75 Å². The van der Waals surface area contributed by atoms with Crippen LogP contribution in [0.3, 0.4) is 0 Å². The summed E-state index contributed by atoms with van der Waals surface area (Å²) in [7, 11) is 1.66. The van der Waals surface area contributed by atoms with E-state index in [1.807, 2.05) is 26.0 Å². The van der Waals surface area contributed by atoms with Crippen molar-refractivity contribution < 1.29 is 14.7 Å². The summed E-state index contributed by atoms with van der Waals surface area (Å²) in [5.41, 5.74) is 4.22. The normalized spacial score (nSPS) is 13.7. The van der Waals surface area contributed by atoms with Gasteiger partial charge in [0.05, 0.1) is 23.4 Å². The molecule has 40 heavy (non-hydrogen) atoms. The molecular weight excluding hydrogens is 512 g/mol. The molecular formula is C28H36N8O4. The smallest absolute Gasteiger partial charge is 0.277 e. The van der Waals surface area contributed by atoms with E-state index in [2.05, 4.69) is 31.2 Å². The maximum Gasteiger partial charge on any atom is 0.277 e. The molecule has 12 nitrogen and oxygen atoms in total. The number of hydroxylamine groups is 1. The number of amides is 1. The Bertz CT molecular complexity index is 1400. The van der Waals surface area contributed by atoms with E-state index >= 15 is 0 Å². The van der Waals surface area contributed by atoms with Crippen molar-refractivity contribution in [1.82, 2.24) is 25.4 Å². The molecule has 3 heterocycles. The summed E-state index contributed by atoms with van der Waals surface area (Å²) in [5.74, 6) is 1.36. The van der Waals surface area contributed by atoms with Crippen LogP contribution >= 0.6 is 0 Å². The Labute approximate surface area is 232 Å². The Hall–Kier alpha value is -4.32. The van der Waals surface area contributed by atoms with Gasteiger partial charge in [-0.2, -0.15) is 0 Å². The van der Waals surface area contributed by atoms with Crippen molar-refractivity contribution in [3.05, 3.63) is 57.8 Å². The van der Waals surface area contributed by atoms with Crippen molar-refractivity contribution in [3.8, 4) is 17.1 Å². The zero-order valence-electron chi connectivity index (χ0n) is 23.1. The molecule has 4 rings (SSSR count). The topological polar surface area (TPSA) is 169 Å². The van der Waals surface area contributed by atoms with E-state index in [0.29, 0.717) is 59.1 Å². The number of anilines is 2. The lowest BCUT2D eigenvalue weighted by molar-refractivity contribution is 0.0705. The van der Waals surface area contributed by atoms with Crippen molar-refractivity contribution >= 4 is 23.3 Å². The van der Waals surface area contributed by atoms with Crippen LogP contribution in [0.1, 0.15) is 61.1 Å². The molecule has 5 N–H and O–H groups in total. The number of carbonyl (C=O) groups excluding carboxylic acids is 1. The second kappa shape index (κ2) is 13.2. The maximum atomic E-state index is 12.9. The van der Waals surface area contributed by atoms with Gasteiger partial charge in [0, 0.05) is 32.5 Å². The molecule has 0 aliphatic carbocycles. The molecule has 0 spiro atoms. The lowest BCUT2D eigenvalue weighted by atomic mass is 9.89. The van der Waals surface area contributed by atoms with Gasteiger partial charge in [-0.3, -0.25) is 14.8 Å². The van der Waals surface area contributed by atoms with Crippen molar-refractivity contribution in [3.63, 3.8) is 0 Å². The number of hydrogen-bond donors (Lipinski definition) is 5. The number of rotatable bonds is 11. The van der Waals surface area contributed by atoms with Gasteiger partial charge < -0.3 is 25.3 Å². The lowest BCUT2D eigenvalue weighted by Crippen LogP contribution is -2.35. The van der Waals surface area contributed by atoms with E-state index in [0.717, 1.165) is 44.3 Å². The van der Waals surface area contributed by atoms with Gasteiger partial charge in [-0.15, -0.1) is 0 Å². The predicted molar refractivity (Wildman–Crippen MR) is 153 cm³/mol. The van der Waals surface area contributed by atoms with Gasteiger partial charge in [0.15, 0.2) is 0 Å². The number of nitrogens with one attached hydrogen (secondary N) is 4. The van der Waals surface area contributed by atoms with E-state index < -0.39 is 5.91 Å². The lowest BCUT2D eigenvalue weighted by Gasteiger charge is -2.32. The summed E-state index contributed by atoms with van der Waals surface area (Å²) in [6.45, 7) is 5.93. The number of carbonyl (C=O) groups is 1. The number of aromatic nitrogens is 4. The SMILES string of the molecule is CCCC(=N)c1nc(-c2cc(CC3CCN(c4ncc(C(=O)NO)cn4)CC3)ccc2OCC)[nH]c(=O)c1NC. The van der Waals surface area contributed by atoms with Crippen LogP contribution in [0.4, 0.5) is 11.6 Å². The Morgan fingerprint density at radius 2 is 1.95 bits per heavy atom. The molecule has 1 saturated heterocycles. The van der Waals surface area contributed by atoms with Gasteiger partial charge in [0.1, 0.15) is 23.0 Å². The Morgan fingerprint density at radius 3 is 2.58 bits per heavy atom. The molecule has 212 valence electrons. The number of benzene rings is 1. The third-order valence-electron chi connectivity index (χ3n) is 6.98. The summed E-state index contributed by atoms with van der Waals surface area (Å²) in [6.07, 6.45) is 6.83. The quantitative estimate of drug-likeness (QED) is 0.137. The fourth-order valence-corrected chi connectivity index (χ4v) is 4.93. The number of aromatic amines is 1. The molecule has 0 bridgehead atoms. The summed E-state index contributed by atoms with van der Waals surface area (Å²) >= 11 is 0. The van der Waals surface area contributed by atoms with E-state index in [4.69, 9.17) is 20.3 Å². The third kappa shape index (κ3) is 6.45. The van der Waals surface area contributed by atoms with Crippen LogP contribution in [0.25, 0.3) is 11.4 Å². The minimum Gasteiger partial charge on any atom is -0.493 e. The largest absolute Gasteiger partial charge is 0.493 e. The van der Waals surface area contributed by atoms with Crippen molar-refractivity contribution in [2.45, 2.75) is 46.0 Å². The Morgan fingerprint density at radius 1 is 1.23 bits per heavy atom. The standard InChI is InChI=1S/C28H36N8O4/c1-4-6-21(29)23-24(30-3)27(38)34-25(33-23)20-14-18(7-8-22(20)40-5-2)13-17-9-11-36(12-10-17)28-31-15-19(16-32-28)26(37)35-39/h7-8,14-17,29-30,39H,4-6,9-13H2,1-3H3,(H,35,37)(H,33,34,38). The van der Waals surface area contributed by atoms with Crippen LogP contribution in [-0.4, -0.2) is 63.5 Å². The Kier molecular flexibility index (Phi) is 9.43. The second-order valence-electron chi connectivity index (χ2n) is 9.73. The molecule has 1 amide bonds. The molecule has 2 aromatic heterocycles. The van der Waals surface area contributed by atoms with Crippen molar-refractivity contribution in [2.24, 2.45) is 5.92 Å². The number of H-pyrrole nitrogens is 1. The highest BCUT2D eigenvalue weighted by molar-refractivity contribution is 6.01. The summed E-state index contributed by atoms with van der Waals surface area (Å²) in [5, 5.41) is 20.1. The molecule has 0 unspecified atom stereocenters. The second-order valence-corrected chi connectivity index (χ2v) is 9.73. The van der Waals surface area contributed by atoms with Gasteiger partial charge in [0.2, 0.25) is 5.95 Å². The number of hydrogen-bond acceptors (Lipinski definition) is 10. The summed E-state index contributed by atoms with van der Waals surface area (Å²) in [4.78, 5) is 42.7. The predicted octanol–water partition coefficient (Wildman–Crippen LogP) is 3.41. The zero-order chi connectivity index (χ0) is 28.6. The van der Waals surface area contributed by atoms with Gasteiger partial charge in [0.25, 0.3) is 11.5 Å². The highest BCUT2D eigenvalue weighted by atomic mass is 16.5. The van der Waals surface area contributed by atoms with Crippen LogP contribution in [0.15, 0.2) is 35.4 Å². The molecule has 0 atom stereocenters. The average molecular weight is 549 g/mol. The van der Waals surface area contributed by atoms with E-state index in [1.54, 1.807) is 12.5 Å². The third-order valence-corrected chi connectivity index (χ3v) is 6.98. The first-order valence-corrected chi connectivity index (χ1v) is 13.6. The fourth-order valence-electron chi connectivity index (χ4n) is 4.93. The minimum absolute atomic E-state index is 0.193. The number of nitrogens with zero attached hydrogens (tertiary/aromatic N) is 4. The van der Waals surface area contributed by atoms with Gasteiger partial charge >= 0.3 is 0 Å². The first-order chi connectivity index (χ1) is 19.4. The fraction of sp³-hybridized carbons (Fsp3) is 0.429. The molecule has 1 aliphatic rings. The maximum absolute atomic E-state index is 12.9. The summed E-state index contributed by atoms with van der Waals surface area (Å²) in [6, 6.07) is 6.00. The molecule has 1 aromatic carbocycles. The number of piperidine rings is 1. The van der Waals surface area contributed by atoms with Crippen LogP contribution in [0, 0.1) is 11.3 Å². The first-order valence-electron chi connectivity index (χ1n) is 13.6. The molecule has 12 heteroatoms. The molecule has 0 saturated carbocycles. The van der Waals surface area contributed by atoms with Crippen molar-refractivity contribution in [1.29, 1.82) is 5.41 Å². The molecule has 1 aliphatic heterocycles. The van der Waals surface area contributed by atoms with Gasteiger partial charge in [-0.25, -0.2) is 20.4 Å². The first kappa shape index (κ1) is 28.7. The van der Waals surface area contributed by atoms with E-state index in [-0.39, 0.29) is 11.1 Å². The van der Waals surface area contributed by atoms with Crippen LogP contribution < -0.4 is 26.0 Å². The molecule has 3 aromatic rings. The molecule has 1 fully saturated rings. The van der Waals surface area contributed by atoms with Crippen LogP contribution in [-0.2, 0) is 6.42 Å². The van der Waals surface area contributed by atoms with Gasteiger partial charge in [-0.05, 0) is 56.2 Å². The number of ether oxygens (including phenoxy) is 1. The Balaban J connectivity index is 1.52. The molecule has 0 radical (unpaired) electrons. The van der Waals surface area contributed by atoms with E-state index in [1.165, 1.54) is 12.4 Å². The van der Waals surface area contributed by atoms with E-state index in [9.17, 15) is 9.59 Å². The average Bonchev–Trinajstić information content (AvgIpc) is 2.98. The minimum atomic E-state index is -0.646. The van der Waals surface area contributed by atoms with Crippen molar-refractivity contribution in [2.75, 3.05) is 37.0 Å². The van der Waals surface area contributed by atoms with Gasteiger partial charge in [-0.1, -0.05) is 19.4 Å². The zero-order valence-corrected chi connectivity index (χ0v) is 23.1. The highest BCUT2D eigenvalue weighted by Gasteiger charge is 2.23.